The molecule has 1 unspecified atom stereocenters. The van der Waals surface area contributed by atoms with Crippen LogP contribution in [0.2, 0.25) is 0 Å². The van der Waals surface area contributed by atoms with Crippen LogP contribution in [-0.2, 0) is 0 Å². The van der Waals surface area contributed by atoms with Crippen LogP contribution in [-0.4, -0.2) is 52.2 Å². The molecule has 2 heterocycles. The summed E-state index contributed by atoms with van der Waals surface area (Å²) in [5.74, 6) is 2.36. The lowest BCUT2D eigenvalue weighted by Crippen LogP contribution is -2.46. The van der Waals surface area contributed by atoms with E-state index < -0.39 is 0 Å². The topological polar surface area (TPSA) is 73.9 Å². The third-order valence-electron chi connectivity index (χ3n) is 4.97. The minimum Gasteiger partial charge on any atom is -0.337 e. The molecule has 0 spiro atoms. The number of benzene rings is 1. The maximum Gasteiger partial charge on any atom is 0.253 e. The monoisotopic (exact) mass is 325 g/mol. The number of aromatic nitrogens is 3. The van der Waals surface area contributed by atoms with Crippen molar-refractivity contribution in [2.45, 2.75) is 37.6 Å². The summed E-state index contributed by atoms with van der Waals surface area (Å²) < 4.78 is 0. The molecule has 1 aliphatic heterocycles. The number of likely N-dealkylation sites (tertiary alicyclic amines) is 1. The highest BCUT2D eigenvalue weighted by Crippen LogP contribution is 2.38. The van der Waals surface area contributed by atoms with Gasteiger partial charge in [0.05, 0.1) is 0 Å². The third kappa shape index (κ3) is 3.06. The van der Waals surface area contributed by atoms with Gasteiger partial charge in [0.1, 0.15) is 5.82 Å². The molecule has 2 aliphatic rings. The third-order valence-corrected chi connectivity index (χ3v) is 4.97. The highest BCUT2D eigenvalue weighted by molar-refractivity contribution is 5.94. The van der Waals surface area contributed by atoms with E-state index in [0.717, 1.165) is 42.9 Å². The Bertz CT molecular complexity index is 719. The first kappa shape index (κ1) is 15.3. The smallest absolute Gasteiger partial charge is 0.253 e. The van der Waals surface area contributed by atoms with Gasteiger partial charge in [-0.3, -0.25) is 9.89 Å². The molecule has 0 bridgehead atoms. The molecule has 1 saturated heterocycles. The van der Waals surface area contributed by atoms with Gasteiger partial charge in [-0.05, 0) is 44.9 Å². The van der Waals surface area contributed by atoms with Gasteiger partial charge in [-0.25, -0.2) is 4.98 Å². The van der Waals surface area contributed by atoms with E-state index in [1.807, 2.05) is 36.2 Å². The molecule has 2 fully saturated rings. The standard InChI is InChI=1S/C18H23N5O/c1-19-15-3-2-10-23(11-15)18(24)14-8-6-13(7-9-14)17-20-16(21-22-17)12-4-5-12/h6-9,12,15,19H,2-5,10-11H2,1H3,(H,20,21,22). The molecule has 6 heteroatoms. The van der Waals surface area contributed by atoms with Gasteiger partial charge >= 0.3 is 0 Å². The van der Waals surface area contributed by atoms with E-state index in [2.05, 4.69) is 20.5 Å². The molecule has 0 radical (unpaired) electrons. The number of hydrogen-bond acceptors (Lipinski definition) is 4. The number of rotatable bonds is 4. The first-order chi connectivity index (χ1) is 11.7. The molecule has 4 rings (SSSR count). The fourth-order valence-electron chi connectivity index (χ4n) is 3.28. The molecule has 2 N–H and O–H groups in total. The number of nitrogens with zero attached hydrogens (tertiary/aromatic N) is 3. The number of likely N-dealkylation sites (N-methyl/N-ethyl adjacent to an activating group) is 1. The van der Waals surface area contributed by atoms with E-state index in [1.165, 1.54) is 12.8 Å². The first-order valence-corrected chi connectivity index (χ1v) is 8.74. The molecule has 2 aromatic rings. The molecule has 1 amide bonds. The lowest BCUT2D eigenvalue weighted by Gasteiger charge is -2.32. The largest absolute Gasteiger partial charge is 0.337 e. The average molecular weight is 325 g/mol. The lowest BCUT2D eigenvalue weighted by molar-refractivity contribution is 0.0698. The summed E-state index contributed by atoms with van der Waals surface area (Å²) in [5.41, 5.74) is 1.68. The molecule has 1 aliphatic carbocycles. The molecule has 1 saturated carbocycles. The molecular weight excluding hydrogens is 302 g/mol. The molecular formula is C18H23N5O. The van der Waals surface area contributed by atoms with Crippen molar-refractivity contribution in [3.05, 3.63) is 35.7 Å². The van der Waals surface area contributed by atoms with Crippen LogP contribution in [0.4, 0.5) is 0 Å². The van der Waals surface area contributed by atoms with Crippen molar-refractivity contribution in [3.63, 3.8) is 0 Å². The fraction of sp³-hybridized carbons (Fsp3) is 0.500. The van der Waals surface area contributed by atoms with Gasteiger partial charge in [0.15, 0.2) is 5.82 Å². The maximum atomic E-state index is 12.7. The second kappa shape index (κ2) is 6.36. The van der Waals surface area contributed by atoms with Gasteiger partial charge in [-0.15, -0.1) is 0 Å². The number of amides is 1. The Morgan fingerprint density at radius 1 is 1.25 bits per heavy atom. The Morgan fingerprint density at radius 3 is 2.75 bits per heavy atom. The summed E-state index contributed by atoms with van der Waals surface area (Å²) in [6.07, 6.45) is 4.58. The summed E-state index contributed by atoms with van der Waals surface area (Å²) in [6.45, 7) is 1.62. The SMILES string of the molecule is CNC1CCCN(C(=O)c2ccc(-c3n[nH]c(C4CC4)n3)cc2)C1. The summed E-state index contributed by atoms with van der Waals surface area (Å²) in [6, 6.07) is 8.04. The quantitative estimate of drug-likeness (QED) is 0.903. The van der Waals surface area contributed by atoms with Crippen LogP contribution in [0.15, 0.2) is 24.3 Å². The average Bonchev–Trinajstić information content (AvgIpc) is 3.38. The number of H-pyrrole nitrogens is 1. The van der Waals surface area contributed by atoms with Crippen molar-refractivity contribution in [1.29, 1.82) is 0 Å². The minimum atomic E-state index is 0.107. The van der Waals surface area contributed by atoms with Crippen LogP contribution in [0.25, 0.3) is 11.4 Å². The molecule has 1 aromatic carbocycles. The van der Waals surface area contributed by atoms with Crippen LogP contribution in [0.5, 0.6) is 0 Å². The summed E-state index contributed by atoms with van der Waals surface area (Å²) in [4.78, 5) is 19.2. The lowest BCUT2D eigenvalue weighted by atomic mass is 10.0. The Labute approximate surface area is 141 Å². The van der Waals surface area contributed by atoms with Crippen molar-refractivity contribution in [1.82, 2.24) is 25.4 Å². The van der Waals surface area contributed by atoms with Gasteiger partial charge in [0.2, 0.25) is 0 Å². The van der Waals surface area contributed by atoms with Crippen LogP contribution in [0, 0.1) is 0 Å². The number of nitrogens with one attached hydrogen (secondary N) is 2. The molecule has 126 valence electrons. The number of hydrogen-bond donors (Lipinski definition) is 2. The van der Waals surface area contributed by atoms with Gasteiger partial charge in [-0.1, -0.05) is 12.1 Å². The Hall–Kier alpha value is -2.21. The van der Waals surface area contributed by atoms with Gasteiger partial charge in [0, 0.05) is 36.2 Å². The van der Waals surface area contributed by atoms with Gasteiger partial charge in [0.25, 0.3) is 5.91 Å². The second-order valence-electron chi connectivity index (χ2n) is 6.77. The van der Waals surface area contributed by atoms with Crippen LogP contribution in [0.1, 0.15) is 47.8 Å². The van der Waals surface area contributed by atoms with E-state index in [0.29, 0.717) is 17.8 Å². The number of aromatic amines is 1. The first-order valence-electron chi connectivity index (χ1n) is 8.74. The van der Waals surface area contributed by atoms with Crippen molar-refractivity contribution in [2.24, 2.45) is 0 Å². The van der Waals surface area contributed by atoms with E-state index in [-0.39, 0.29) is 5.91 Å². The molecule has 24 heavy (non-hydrogen) atoms. The van der Waals surface area contributed by atoms with Crippen molar-refractivity contribution in [2.75, 3.05) is 20.1 Å². The Morgan fingerprint density at radius 2 is 2.04 bits per heavy atom. The highest BCUT2D eigenvalue weighted by Gasteiger charge is 2.27. The minimum absolute atomic E-state index is 0.107. The maximum absolute atomic E-state index is 12.7. The molecule has 6 nitrogen and oxygen atoms in total. The number of carbonyl (C=O) groups excluding carboxylic acids is 1. The summed E-state index contributed by atoms with van der Waals surface area (Å²) in [7, 11) is 1.96. The fourth-order valence-corrected chi connectivity index (χ4v) is 3.28. The van der Waals surface area contributed by atoms with Crippen LogP contribution < -0.4 is 5.32 Å². The summed E-state index contributed by atoms with van der Waals surface area (Å²) >= 11 is 0. The predicted molar refractivity (Wildman–Crippen MR) is 91.8 cm³/mol. The van der Waals surface area contributed by atoms with Crippen LogP contribution in [0.3, 0.4) is 0 Å². The second-order valence-corrected chi connectivity index (χ2v) is 6.77. The zero-order valence-corrected chi connectivity index (χ0v) is 14.0. The highest BCUT2D eigenvalue weighted by atomic mass is 16.2. The number of piperidine rings is 1. The van der Waals surface area contributed by atoms with Gasteiger partial charge < -0.3 is 10.2 Å². The van der Waals surface area contributed by atoms with E-state index in [9.17, 15) is 4.79 Å². The normalized spacial score (nSPS) is 21.0. The number of carbonyl (C=O) groups is 1. The zero-order valence-electron chi connectivity index (χ0n) is 14.0. The van der Waals surface area contributed by atoms with Crippen molar-refractivity contribution in [3.8, 4) is 11.4 Å². The van der Waals surface area contributed by atoms with Crippen molar-refractivity contribution < 1.29 is 4.79 Å². The van der Waals surface area contributed by atoms with E-state index >= 15 is 0 Å². The van der Waals surface area contributed by atoms with Crippen LogP contribution >= 0.6 is 0 Å². The zero-order chi connectivity index (χ0) is 16.5. The van der Waals surface area contributed by atoms with Crippen molar-refractivity contribution >= 4 is 5.91 Å². The molecule has 1 aromatic heterocycles. The van der Waals surface area contributed by atoms with Gasteiger partial charge in [-0.2, -0.15) is 5.10 Å². The summed E-state index contributed by atoms with van der Waals surface area (Å²) in [5, 5.41) is 10.6. The predicted octanol–water partition coefficient (Wildman–Crippen LogP) is 2.17. The van der Waals surface area contributed by atoms with E-state index in [1.54, 1.807) is 0 Å². The van der Waals surface area contributed by atoms with E-state index in [4.69, 9.17) is 0 Å². The Balaban J connectivity index is 1.47. The molecule has 1 atom stereocenters. The Kier molecular flexibility index (Phi) is 4.06.